The van der Waals surface area contributed by atoms with Crippen molar-refractivity contribution in [3.8, 4) is 0 Å². The van der Waals surface area contributed by atoms with Crippen molar-refractivity contribution in [2.75, 3.05) is 5.32 Å². The molecule has 2 aromatic carbocycles. The van der Waals surface area contributed by atoms with Crippen molar-refractivity contribution in [2.24, 2.45) is 0 Å². The molecular formula is C17H13ClFNO2. The highest BCUT2D eigenvalue weighted by Crippen LogP contribution is 2.20. The number of rotatable bonds is 4. The zero-order valence-corrected chi connectivity index (χ0v) is 12.5. The summed E-state index contributed by atoms with van der Waals surface area (Å²) >= 11 is 5.87. The molecule has 1 amide bonds. The SMILES string of the molecule is CC(=O)c1ccc(NC(=O)/C=C/c2c(F)cccc2Cl)cc1. The first-order valence-corrected chi connectivity index (χ1v) is 6.89. The molecule has 0 aliphatic heterocycles. The van der Waals surface area contributed by atoms with Crippen LogP contribution in [0.3, 0.4) is 0 Å². The van der Waals surface area contributed by atoms with E-state index in [2.05, 4.69) is 5.32 Å². The third kappa shape index (κ3) is 4.02. The highest BCUT2D eigenvalue weighted by Gasteiger charge is 2.05. The first-order chi connectivity index (χ1) is 10.5. The van der Waals surface area contributed by atoms with Gasteiger partial charge in [-0.25, -0.2) is 4.39 Å². The lowest BCUT2D eigenvalue weighted by atomic mass is 10.1. The number of ketones is 1. The third-order valence-corrected chi connectivity index (χ3v) is 3.29. The van der Waals surface area contributed by atoms with E-state index in [9.17, 15) is 14.0 Å². The molecule has 112 valence electrons. The molecule has 0 aliphatic rings. The van der Waals surface area contributed by atoms with E-state index in [0.29, 0.717) is 11.3 Å². The van der Waals surface area contributed by atoms with Gasteiger partial charge in [0.05, 0.1) is 5.02 Å². The second-order valence-electron chi connectivity index (χ2n) is 4.59. The normalized spacial score (nSPS) is 10.7. The molecule has 5 heteroatoms. The molecule has 0 unspecified atom stereocenters. The Labute approximate surface area is 132 Å². The van der Waals surface area contributed by atoms with Crippen molar-refractivity contribution in [3.05, 3.63) is 70.5 Å². The van der Waals surface area contributed by atoms with Gasteiger partial charge >= 0.3 is 0 Å². The number of amides is 1. The summed E-state index contributed by atoms with van der Waals surface area (Å²) in [6, 6.07) is 10.8. The van der Waals surface area contributed by atoms with E-state index < -0.39 is 11.7 Å². The third-order valence-electron chi connectivity index (χ3n) is 2.96. The summed E-state index contributed by atoms with van der Waals surface area (Å²) in [5.41, 5.74) is 1.26. The van der Waals surface area contributed by atoms with Gasteiger partial charge in [0.1, 0.15) is 5.82 Å². The number of anilines is 1. The maximum Gasteiger partial charge on any atom is 0.248 e. The Morgan fingerprint density at radius 2 is 1.82 bits per heavy atom. The number of carbonyl (C=O) groups is 2. The lowest BCUT2D eigenvalue weighted by Gasteiger charge is -2.03. The summed E-state index contributed by atoms with van der Waals surface area (Å²) in [5, 5.41) is 2.85. The van der Waals surface area contributed by atoms with Gasteiger partial charge in [-0.15, -0.1) is 0 Å². The first kappa shape index (κ1) is 15.9. The summed E-state index contributed by atoms with van der Waals surface area (Å²) in [7, 11) is 0. The van der Waals surface area contributed by atoms with Crippen molar-refractivity contribution in [1.82, 2.24) is 0 Å². The van der Waals surface area contributed by atoms with Crippen LogP contribution in [0.2, 0.25) is 5.02 Å². The molecule has 2 rings (SSSR count). The lowest BCUT2D eigenvalue weighted by molar-refractivity contribution is -0.111. The lowest BCUT2D eigenvalue weighted by Crippen LogP contribution is -2.08. The predicted octanol–water partition coefficient (Wildman–Crippen LogP) is 4.33. The number of hydrogen-bond donors (Lipinski definition) is 1. The highest BCUT2D eigenvalue weighted by atomic mass is 35.5. The van der Waals surface area contributed by atoms with E-state index in [1.165, 1.54) is 31.2 Å². The quantitative estimate of drug-likeness (QED) is 0.673. The molecule has 1 N–H and O–H groups in total. The van der Waals surface area contributed by atoms with Crippen LogP contribution in [0.4, 0.5) is 10.1 Å². The molecule has 22 heavy (non-hydrogen) atoms. The maximum absolute atomic E-state index is 13.5. The smallest absolute Gasteiger partial charge is 0.248 e. The van der Waals surface area contributed by atoms with Crippen LogP contribution in [0.1, 0.15) is 22.8 Å². The Bertz CT molecular complexity index is 719. The first-order valence-electron chi connectivity index (χ1n) is 6.51. The van der Waals surface area contributed by atoms with Gasteiger partial charge in [0.25, 0.3) is 0 Å². The molecule has 0 radical (unpaired) electrons. The van der Waals surface area contributed by atoms with Crippen LogP contribution in [0, 0.1) is 5.82 Å². The van der Waals surface area contributed by atoms with Gasteiger partial charge in [0, 0.05) is 22.9 Å². The van der Waals surface area contributed by atoms with Gasteiger partial charge in [0.15, 0.2) is 5.78 Å². The second kappa shape index (κ2) is 7.00. The van der Waals surface area contributed by atoms with Crippen LogP contribution in [0.25, 0.3) is 6.08 Å². The van der Waals surface area contributed by atoms with Crippen molar-refractivity contribution < 1.29 is 14.0 Å². The molecule has 0 bridgehead atoms. The number of nitrogens with one attached hydrogen (secondary N) is 1. The van der Waals surface area contributed by atoms with Gasteiger partial charge in [0.2, 0.25) is 5.91 Å². The fourth-order valence-electron chi connectivity index (χ4n) is 1.80. The molecule has 0 atom stereocenters. The number of Topliss-reactive ketones (excluding diaryl/α,β-unsaturated/α-hetero) is 1. The zero-order chi connectivity index (χ0) is 16.1. The molecule has 0 aliphatic carbocycles. The molecule has 3 nitrogen and oxygen atoms in total. The Kier molecular flexibility index (Phi) is 5.07. The van der Waals surface area contributed by atoms with E-state index in [0.717, 1.165) is 0 Å². The molecule has 0 heterocycles. The van der Waals surface area contributed by atoms with Gasteiger partial charge < -0.3 is 5.32 Å². The molecule has 0 aromatic heterocycles. The average molecular weight is 318 g/mol. The van der Waals surface area contributed by atoms with E-state index in [4.69, 9.17) is 11.6 Å². The minimum Gasteiger partial charge on any atom is -0.323 e. The summed E-state index contributed by atoms with van der Waals surface area (Å²) < 4.78 is 13.5. The van der Waals surface area contributed by atoms with E-state index in [-0.39, 0.29) is 16.4 Å². The predicted molar refractivity (Wildman–Crippen MR) is 85.5 cm³/mol. The monoisotopic (exact) mass is 317 g/mol. The summed E-state index contributed by atoms with van der Waals surface area (Å²) in [5.74, 6) is -0.968. The Morgan fingerprint density at radius 3 is 2.41 bits per heavy atom. The molecule has 0 saturated heterocycles. The highest BCUT2D eigenvalue weighted by molar-refractivity contribution is 6.32. The van der Waals surface area contributed by atoms with Crippen molar-refractivity contribution >= 4 is 35.1 Å². The van der Waals surface area contributed by atoms with E-state index in [1.807, 2.05) is 0 Å². The Morgan fingerprint density at radius 1 is 1.14 bits per heavy atom. The zero-order valence-electron chi connectivity index (χ0n) is 11.8. The number of halogens is 2. The largest absolute Gasteiger partial charge is 0.323 e. The maximum atomic E-state index is 13.5. The van der Waals surface area contributed by atoms with Crippen LogP contribution in [-0.2, 0) is 4.79 Å². The molecular weight excluding hydrogens is 305 g/mol. The Balaban J connectivity index is 2.06. The molecule has 0 spiro atoms. The topological polar surface area (TPSA) is 46.2 Å². The van der Waals surface area contributed by atoms with Crippen molar-refractivity contribution in [3.63, 3.8) is 0 Å². The van der Waals surface area contributed by atoms with Crippen molar-refractivity contribution in [1.29, 1.82) is 0 Å². The Hall–Kier alpha value is -2.46. The summed E-state index contributed by atoms with van der Waals surface area (Å²) in [4.78, 5) is 23.0. The molecule has 2 aromatic rings. The number of carbonyl (C=O) groups excluding carboxylic acids is 2. The van der Waals surface area contributed by atoms with Gasteiger partial charge in [-0.1, -0.05) is 17.7 Å². The number of hydrogen-bond acceptors (Lipinski definition) is 2. The van der Waals surface area contributed by atoms with Crippen LogP contribution in [0.5, 0.6) is 0 Å². The van der Waals surface area contributed by atoms with E-state index in [1.54, 1.807) is 30.3 Å². The fourth-order valence-corrected chi connectivity index (χ4v) is 2.03. The van der Waals surface area contributed by atoms with Crippen LogP contribution in [-0.4, -0.2) is 11.7 Å². The summed E-state index contributed by atoms with van der Waals surface area (Å²) in [6.45, 7) is 1.47. The van der Waals surface area contributed by atoms with E-state index >= 15 is 0 Å². The number of benzene rings is 2. The minimum atomic E-state index is -0.498. The van der Waals surface area contributed by atoms with Crippen LogP contribution in [0.15, 0.2) is 48.5 Å². The van der Waals surface area contributed by atoms with Gasteiger partial charge in [-0.2, -0.15) is 0 Å². The standard InChI is InChI=1S/C17H13ClFNO2/c1-11(21)12-5-7-13(8-6-12)20-17(22)10-9-14-15(18)3-2-4-16(14)19/h2-10H,1H3,(H,20,22)/b10-9+. The van der Waals surface area contributed by atoms with Crippen molar-refractivity contribution in [2.45, 2.75) is 6.92 Å². The molecule has 0 saturated carbocycles. The fraction of sp³-hybridized carbons (Fsp3) is 0.0588. The minimum absolute atomic E-state index is 0.0491. The van der Waals surface area contributed by atoms with Gasteiger partial charge in [-0.3, -0.25) is 9.59 Å². The summed E-state index contributed by atoms with van der Waals surface area (Å²) in [6.07, 6.45) is 2.51. The second-order valence-corrected chi connectivity index (χ2v) is 5.00. The average Bonchev–Trinajstić information content (AvgIpc) is 2.47. The van der Waals surface area contributed by atoms with Crippen LogP contribution < -0.4 is 5.32 Å². The van der Waals surface area contributed by atoms with Gasteiger partial charge in [-0.05, 0) is 49.4 Å². The molecule has 0 fully saturated rings. The van der Waals surface area contributed by atoms with Crippen LogP contribution >= 0.6 is 11.6 Å².